The van der Waals surface area contributed by atoms with Gasteiger partial charge in [-0.1, -0.05) is 0 Å². The van der Waals surface area contributed by atoms with Crippen LogP contribution in [0.2, 0.25) is 0 Å². The molecule has 0 aromatic heterocycles. The summed E-state index contributed by atoms with van der Waals surface area (Å²) in [6, 6.07) is -0.214. The Bertz CT molecular complexity index is 252. The number of aliphatic hydroxyl groups excluding tert-OH is 1. The van der Waals surface area contributed by atoms with E-state index in [1.165, 1.54) is 4.31 Å². The van der Waals surface area contributed by atoms with Gasteiger partial charge in [-0.3, -0.25) is 0 Å². The SMILES string of the molecule is NS(=O)(=O)N1CCNCC1CCO. The minimum Gasteiger partial charge on any atom is -0.396 e. The predicted molar refractivity (Wildman–Crippen MR) is 48.2 cm³/mol. The molecule has 1 saturated heterocycles. The van der Waals surface area contributed by atoms with Gasteiger partial charge in [-0.15, -0.1) is 0 Å². The van der Waals surface area contributed by atoms with Gasteiger partial charge < -0.3 is 10.4 Å². The highest BCUT2D eigenvalue weighted by atomic mass is 32.2. The van der Waals surface area contributed by atoms with Crippen molar-refractivity contribution >= 4 is 10.2 Å². The molecule has 1 rings (SSSR count). The average molecular weight is 209 g/mol. The number of hydrogen-bond acceptors (Lipinski definition) is 4. The van der Waals surface area contributed by atoms with Gasteiger partial charge in [0.05, 0.1) is 0 Å². The highest BCUT2D eigenvalue weighted by molar-refractivity contribution is 7.86. The van der Waals surface area contributed by atoms with Crippen molar-refractivity contribution in [3.63, 3.8) is 0 Å². The van der Waals surface area contributed by atoms with Crippen LogP contribution in [0.3, 0.4) is 0 Å². The normalized spacial score (nSPS) is 26.2. The number of rotatable bonds is 3. The van der Waals surface area contributed by atoms with Crippen LogP contribution in [0, 0.1) is 0 Å². The zero-order valence-electron chi connectivity index (χ0n) is 7.31. The van der Waals surface area contributed by atoms with Crippen LogP contribution in [0.4, 0.5) is 0 Å². The fraction of sp³-hybridized carbons (Fsp3) is 1.00. The number of piperazine rings is 1. The molecule has 1 fully saturated rings. The van der Waals surface area contributed by atoms with E-state index in [0.717, 1.165) is 0 Å². The second kappa shape index (κ2) is 4.34. The standard InChI is InChI=1S/C6H15N3O3S/c7-13(11,12)9-3-2-8-5-6(9)1-4-10/h6,8,10H,1-5H2,(H2,7,11,12). The Balaban J connectivity index is 2.67. The summed E-state index contributed by atoms with van der Waals surface area (Å²) in [7, 11) is -3.62. The quantitative estimate of drug-likeness (QED) is 0.493. The Morgan fingerprint density at radius 2 is 2.31 bits per heavy atom. The van der Waals surface area contributed by atoms with Crippen molar-refractivity contribution < 1.29 is 13.5 Å². The summed E-state index contributed by atoms with van der Waals surface area (Å²) in [5.74, 6) is 0. The summed E-state index contributed by atoms with van der Waals surface area (Å²) >= 11 is 0. The van der Waals surface area contributed by atoms with E-state index in [2.05, 4.69) is 5.32 Å². The molecule has 0 aromatic carbocycles. The molecule has 13 heavy (non-hydrogen) atoms. The monoisotopic (exact) mass is 209 g/mol. The van der Waals surface area contributed by atoms with Gasteiger partial charge in [-0.2, -0.15) is 12.7 Å². The Hall–Kier alpha value is -0.210. The molecule has 1 aliphatic heterocycles. The smallest absolute Gasteiger partial charge is 0.277 e. The summed E-state index contributed by atoms with van der Waals surface area (Å²) in [4.78, 5) is 0. The molecule has 0 aliphatic carbocycles. The molecule has 7 heteroatoms. The molecule has 0 bridgehead atoms. The lowest BCUT2D eigenvalue weighted by Crippen LogP contribution is -2.55. The highest BCUT2D eigenvalue weighted by Crippen LogP contribution is 2.09. The molecule has 1 unspecified atom stereocenters. The topological polar surface area (TPSA) is 95.7 Å². The predicted octanol–water partition coefficient (Wildman–Crippen LogP) is -2.15. The zero-order valence-corrected chi connectivity index (χ0v) is 8.13. The third-order valence-corrected chi connectivity index (χ3v) is 3.22. The van der Waals surface area contributed by atoms with Crippen LogP contribution in [0.1, 0.15) is 6.42 Å². The molecule has 1 heterocycles. The summed E-state index contributed by atoms with van der Waals surface area (Å²) in [6.07, 6.45) is 0.420. The van der Waals surface area contributed by atoms with Gasteiger partial charge in [-0.25, -0.2) is 5.14 Å². The molecule has 0 saturated carbocycles. The number of nitrogens with zero attached hydrogens (tertiary/aromatic N) is 1. The Kier molecular flexibility index (Phi) is 3.63. The van der Waals surface area contributed by atoms with E-state index in [1.807, 2.05) is 0 Å². The van der Waals surface area contributed by atoms with Crippen molar-refractivity contribution in [2.45, 2.75) is 12.5 Å². The van der Waals surface area contributed by atoms with E-state index < -0.39 is 10.2 Å². The molecule has 0 amide bonds. The first-order valence-electron chi connectivity index (χ1n) is 4.17. The second-order valence-corrected chi connectivity index (χ2v) is 4.52. The van der Waals surface area contributed by atoms with Gasteiger partial charge in [0.25, 0.3) is 10.2 Å². The molecule has 1 atom stereocenters. The third-order valence-electron chi connectivity index (χ3n) is 2.09. The first-order chi connectivity index (χ1) is 6.05. The Morgan fingerprint density at radius 1 is 1.62 bits per heavy atom. The Morgan fingerprint density at radius 3 is 2.85 bits per heavy atom. The van der Waals surface area contributed by atoms with Gasteiger partial charge in [0.15, 0.2) is 0 Å². The molecule has 78 valence electrons. The van der Waals surface area contributed by atoms with Crippen LogP contribution in [0.5, 0.6) is 0 Å². The van der Waals surface area contributed by atoms with E-state index in [9.17, 15) is 8.42 Å². The summed E-state index contributed by atoms with van der Waals surface area (Å²) in [5, 5.41) is 16.8. The number of aliphatic hydroxyl groups is 1. The number of nitrogens with one attached hydrogen (secondary N) is 1. The van der Waals surface area contributed by atoms with Crippen LogP contribution in [-0.4, -0.2) is 50.1 Å². The van der Waals surface area contributed by atoms with Crippen molar-refractivity contribution in [3.8, 4) is 0 Å². The number of hydrogen-bond donors (Lipinski definition) is 3. The van der Waals surface area contributed by atoms with Gasteiger partial charge in [0.1, 0.15) is 0 Å². The highest BCUT2D eigenvalue weighted by Gasteiger charge is 2.28. The van der Waals surface area contributed by atoms with Gasteiger partial charge in [-0.05, 0) is 6.42 Å². The van der Waals surface area contributed by atoms with Crippen molar-refractivity contribution in [1.29, 1.82) is 0 Å². The lowest BCUT2D eigenvalue weighted by Gasteiger charge is -2.33. The number of nitrogens with two attached hydrogens (primary N) is 1. The molecule has 0 aromatic rings. The largest absolute Gasteiger partial charge is 0.396 e. The first-order valence-corrected chi connectivity index (χ1v) is 5.67. The maximum absolute atomic E-state index is 11.1. The van der Waals surface area contributed by atoms with Crippen molar-refractivity contribution in [1.82, 2.24) is 9.62 Å². The summed E-state index contributed by atoms with van der Waals surface area (Å²) in [5.41, 5.74) is 0. The van der Waals surface area contributed by atoms with E-state index in [1.54, 1.807) is 0 Å². The van der Waals surface area contributed by atoms with E-state index in [4.69, 9.17) is 10.2 Å². The molecular weight excluding hydrogens is 194 g/mol. The third kappa shape index (κ3) is 2.89. The van der Waals surface area contributed by atoms with E-state index in [0.29, 0.717) is 26.1 Å². The molecule has 4 N–H and O–H groups in total. The van der Waals surface area contributed by atoms with Crippen molar-refractivity contribution in [2.24, 2.45) is 5.14 Å². The minimum atomic E-state index is -3.62. The average Bonchev–Trinajstić information content (AvgIpc) is 2.04. The van der Waals surface area contributed by atoms with Gasteiger partial charge >= 0.3 is 0 Å². The molecule has 1 aliphatic rings. The maximum Gasteiger partial charge on any atom is 0.277 e. The lowest BCUT2D eigenvalue weighted by atomic mass is 10.2. The maximum atomic E-state index is 11.1. The van der Waals surface area contributed by atoms with Crippen LogP contribution in [0.15, 0.2) is 0 Å². The lowest BCUT2D eigenvalue weighted by molar-refractivity contribution is 0.202. The van der Waals surface area contributed by atoms with Crippen molar-refractivity contribution in [2.75, 3.05) is 26.2 Å². The van der Waals surface area contributed by atoms with Crippen LogP contribution in [0.25, 0.3) is 0 Å². The Labute approximate surface area is 77.9 Å². The molecular formula is C6H15N3O3S. The summed E-state index contributed by atoms with van der Waals surface area (Å²) in [6.45, 7) is 1.51. The van der Waals surface area contributed by atoms with Gasteiger partial charge in [0.2, 0.25) is 0 Å². The fourth-order valence-electron chi connectivity index (χ4n) is 1.47. The van der Waals surface area contributed by atoms with Crippen LogP contribution < -0.4 is 10.5 Å². The molecule has 0 radical (unpaired) electrons. The zero-order chi connectivity index (χ0) is 9.90. The molecule has 6 nitrogen and oxygen atoms in total. The van der Waals surface area contributed by atoms with Crippen LogP contribution in [-0.2, 0) is 10.2 Å². The second-order valence-electron chi connectivity index (χ2n) is 3.03. The van der Waals surface area contributed by atoms with Gasteiger partial charge in [0, 0.05) is 32.3 Å². The van der Waals surface area contributed by atoms with E-state index in [-0.39, 0.29) is 12.6 Å². The fourth-order valence-corrected chi connectivity index (χ4v) is 2.41. The van der Waals surface area contributed by atoms with E-state index >= 15 is 0 Å². The minimum absolute atomic E-state index is 0.0294. The van der Waals surface area contributed by atoms with Crippen LogP contribution >= 0.6 is 0 Å². The summed E-state index contributed by atoms with van der Waals surface area (Å²) < 4.78 is 23.4. The van der Waals surface area contributed by atoms with Crippen molar-refractivity contribution in [3.05, 3.63) is 0 Å². The first kappa shape index (κ1) is 10.9. The molecule has 0 spiro atoms.